The van der Waals surface area contributed by atoms with Gasteiger partial charge in [0.2, 0.25) is 0 Å². The first-order chi connectivity index (χ1) is 9.50. The van der Waals surface area contributed by atoms with E-state index < -0.39 is 4.92 Å². The van der Waals surface area contributed by atoms with E-state index in [4.69, 9.17) is 4.42 Å². The quantitative estimate of drug-likeness (QED) is 0.685. The van der Waals surface area contributed by atoms with Crippen LogP contribution in [-0.2, 0) is 6.54 Å². The molecule has 0 unspecified atom stereocenters. The van der Waals surface area contributed by atoms with E-state index in [1.165, 1.54) is 12.3 Å². The number of rotatable bonds is 4. The molecule has 0 atom stereocenters. The molecule has 0 radical (unpaired) electrons. The largest absolute Gasteiger partial charge is 0.457 e. The average molecular weight is 339 g/mol. The molecule has 0 aliphatic rings. The molecule has 0 spiro atoms. The molecule has 1 N–H and O–H groups in total. The summed E-state index contributed by atoms with van der Waals surface area (Å²) in [4.78, 5) is 22.3. The van der Waals surface area contributed by atoms with Crippen molar-refractivity contribution in [3.8, 4) is 0 Å². The summed E-state index contributed by atoms with van der Waals surface area (Å²) in [5.41, 5.74) is 1.67. The fourth-order valence-electron chi connectivity index (χ4n) is 1.79. The SMILES string of the molecule is Cc1c(CNC(=O)c2ccoc2Br)cccc1[N+](=O)[O-]. The molecule has 0 bridgehead atoms. The van der Waals surface area contributed by atoms with Crippen molar-refractivity contribution in [2.24, 2.45) is 0 Å². The van der Waals surface area contributed by atoms with Crippen molar-refractivity contribution >= 4 is 27.5 Å². The van der Waals surface area contributed by atoms with Gasteiger partial charge in [0.05, 0.1) is 16.7 Å². The van der Waals surface area contributed by atoms with E-state index in [1.807, 2.05) is 0 Å². The predicted octanol–water partition coefficient (Wildman–Crippen LogP) is 3.19. The van der Waals surface area contributed by atoms with Crippen molar-refractivity contribution in [3.05, 3.63) is 62.0 Å². The summed E-state index contributed by atoms with van der Waals surface area (Å²) in [6.45, 7) is 1.87. The van der Waals surface area contributed by atoms with Gasteiger partial charge in [-0.2, -0.15) is 0 Å². The molecule has 7 heteroatoms. The highest BCUT2D eigenvalue weighted by Gasteiger charge is 2.15. The van der Waals surface area contributed by atoms with Crippen LogP contribution in [0.1, 0.15) is 21.5 Å². The predicted molar refractivity (Wildman–Crippen MR) is 75.4 cm³/mol. The lowest BCUT2D eigenvalue weighted by Crippen LogP contribution is -2.23. The maximum Gasteiger partial charge on any atom is 0.272 e. The van der Waals surface area contributed by atoms with Crippen LogP contribution < -0.4 is 5.32 Å². The second-order valence-electron chi connectivity index (χ2n) is 4.11. The summed E-state index contributed by atoms with van der Waals surface area (Å²) in [5, 5.41) is 13.5. The first-order valence-corrected chi connectivity index (χ1v) is 6.54. The maximum atomic E-state index is 11.9. The monoisotopic (exact) mass is 338 g/mol. The lowest BCUT2D eigenvalue weighted by molar-refractivity contribution is -0.385. The van der Waals surface area contributed by atoms with Gasteiger partial charge in [0.15, 0.2) is 4.67 Å². The third kappa shape index (κ3) is 2.88. The molecule has 0 aliphatic carbocycles. The molecule has 104 valence electrons. The number of benzene rings is 1. The standard InChI is InChI=1S/C13H11BrN2O4/c1-8-9(3-2-4-11(8)16(18)19)7-15-13(17)10-5-6-20-12(10)14/h2-6H,7H2,1H3,(H,15,17). The fourth-order valence-corrected chi connectivity index (χ4v) is 2.21. The van der Waals surface area contributed by atoms with Crippen LogP contribution in [0.25, 0.3) is 0 Å². The van der Waals surface area contributed by atoms with Crippen LogP contribution in [0.15, 0.2) is 39.6 Å². The number of nitro groups is 1. The Bertz CT molecular complexity index is 666. The molecule has 0 aliphatic heterocycles. The molecule has 2 rings (SSSR count). The number of carbonyl (C=O) groups is 1. The minimum Gasteiger partial charge on any atom is -0.457 e. The van der Waals surface area contributed by atoms with Crippen LogP contribution in [0.2, 0.25) is 0 Å². The van der Waals surface area contributed by atoms with Crippen LogP contribution in [0, 0.1) is 17.0 Å². The van der Waals surface area contributed by atoms with Crippen LogP contribution >= 0.6 is 15.9 Å². The highest BCUT2D eigenvalue weighted by atomic mass is 79.9. The second kappa shape index (κ2) is 5.87. The second-order valence-corrected chi connectivity index (χ2v) is 4.83. The molecule has 1 heterocycles. The average Bonchev–Trinajstić information content (AvgIpc) is 2.83. The highest BCUT2D eigenvalue weighted by Crippen LogP contribution is 2.21. The smallest absolute Gasteiger partial charge is 0.272 e. The Balaban J connectivity index is 2.12. The van der Waals surface area contributed by atoms with E-state index in [-0.39, 0.29) is 18.1 Å². The number of amides is 1. The summed E-state index contributed by atoms with van der Waals surface area (Å²) >= 11 is 3.12. The molecule has 1 aromatic carbocycles. The van der Waals surface area contributed by atoms with E-state index >= 15 is 0 Å². The van der Waals surface area contributed by atoms with Gasteiger partial charge in [-0.25, -0.2) is 0 Å². The van der Waals surface area contributed by atoms with E-state index in [0.29, 0.717) is 21.4 Å². The van der Waals surface area contributed by atoms with Crippen molar-refractivity contribution in [1.29, 1.82) is 0 Å². The lowest BCUT2D eigenvalue weighted by Gasteiger charge is -2.07. The summed E-state index contributed by atoms with van der Waals surface area (Å²) in [7, 11) is 0. The van der Waals surface area contributed by atoms with E-state index in [9.17, 15) is 14.9 Å². The lowest BCUT2D eigenvalue weighted by atomic mass is 10.1. The molecular weight excluding hydrogens is 328 g/mol. The number of halogens is 1. The molecule has 0 fully saturated rings. The fraction of sp³-hybridized carbons (Fsp3) is 0.154. The maximum absolute atomic E-state index is 11.9. The van der Waals surface area contributed by atoms with Crippen LogP contribution in [0.4, 0.5) is 5.69 Å². The van der Waals surface area contributed by atoms with Gasteiger partial charge in [-0.05, 0) is 34.5 Å². The van der Waals surface area contributed by atoms with Crippen molar-refractivity contribution in [1.82, 2.24) is 5.32 Å². The number of nitro benzene ring substituents is 1. The number of nitrogens with zero attached hydrogens (tertiary/aromatic N) is 1. The van der Waals surface area contributed by atoms with Gasteiger partial charge in [0.1, 0.15) is 0 Å². The first kappa shape index (κ1) is 14.3. The third-order valence-electron chi connectivity index (χ3n) is 2.92. The Morgan fingerprint density at radius 1 is 1.45 bits per heavy atom. The van der Waals surface area contributed by atoms with E-state index in [0.717, 1.165) is 0 Å². The van der Waals surface area contributed by atoms with Crippen LogP contribution in [0.5, 0.6) is 0 Å². The first-order valence-electron chi connectivity index (χ1n) is 5.74. The van der Waals surface area contributed by atoms with Gasteiger partial charge < -0.3 is 9.73 Å². The molecule has 20 heavy (non-hydrogen) atoms. The topological polar surface area (TPSA) is 85.4 Å². The van der Waals surface area contributed by atoms with Crippen molar-refractivity contribution < 1.29 is 14.1 Å². The summed E-state index contributed by atoms with van der Waals surface area (Å²) in [5.74, 6) is -0.309. The van der Waals surface area contributed by atoms with Gasteiger partial charge in [0, 0.05) is 18.2 Å². The van der Waals surface area contributed by atoms with Gasteiger partial charge in [-0.3, -0.25) is 14.9 Å². The zero-order valence-electron chi connectivity index (χ0n) is 10.6. The summed E-state index contributed by atoms with van der Waals surface area (Å²) < 4.78 is 5.33. The minimum atomic E-state index is -0.437. The van der Waals surface area contributed by atoms with Crippen molar-refractivity contribution in [2.45, 2.75) is 13.5 Å². The number of nitrogens with one attached hydrogen (secondary N) is 1. The van der Waals surface area contributed by atoms with Gasteiger partial charge >= 0.3 is 0 Å². The van der Waals surface area contributed by atoms with Crippen molar-refractivity contribution in [2.75, 3.05) is 0 Å². The number of carbonyl (C=O) groups excluding carboxylic acids is 1. The van der Waals surface area contributed by atoms with Crippen molar-refractivity contribution in [3.63, 3.8) is 0 Å². The van der Waals surface area contributed by atoms with Gasteiger partial charge in [0.25, 0.3) is 11.6 Å². The molecule has 0 saturated carbocycles. The van der Waals surface area contributed by atoms with Crippen LogP contribution in [0.3, 0.4) is 0 Å². The third-order valence-corrected chi connectivity index (χ3v) is 3.53. The minimum absolute atomic E-state index is 0.0428. The van der Waals surface area contributed by atoms with Gasteiger partial charge in [-0.1, -0.05) is 12.1 Å². The molecule has 0 saturated heterocycles. The number of hydrogen-bond donors (Lipinski definition) is 1. The summed E-state index contributed by atoms with van der Waals surface area (Å²) in [6.07, 6.45) is 1.40. The van der Waals surface area contributed by atoms with E-state index in [2.05, 4.69) is 21.2 Å². The van der Waals surface area contributed by atoms with E-state index in [1.54, 1.807) is 25.1 Å². The molecule has 1 amide bonds. The Morgan fingerprint density at radius 2 is 2.20 bits per heavy atom. The Kier molecular flexibility index (Phi) is 4.19. The molecule has 2 aromatic rings. The van der Waals surface area contributed by atoms with Crippen LogP contribution in [-0.4, -0.2) is 10.8 Å². The zero-order valence-corrected chi connectivity index (χ0v) is 12.1. The Labute approximate surface area is 123 Å². The van der Waals surface area contributed by atoms with Gasteiger partial charge in [-0.15, -0.1) is 0 Å². The normalized spacial score (nSPS) is 10.3. The molecule has 6 nitrogen and oxygen atoms in total. The zero-order chi connectivity index (χ0) is 14.7. The summed E-state index contributed by atoms with van der Waals surface area (Å²) in [6, 6.07) is 6.32. The Morgan fingerprint density at radius 3 is 2.80 bits per heavy atom. The number of hydrogen-bond acceptors (Lipinski definition) is 4. The molecule has 1 aromatic heterocycles. The number of furan rings is 1. The Hall–Kier alpha value is -2.15. The highest BCUT2D eigenvalue weighted by molar-refractivity contribution is 9.10. The molecular formula is C13H11BrN2O4.